The number of carbonyl (C=O) groups is 2. The summed E-state index contributed by atoms with van der Waals surface area (Å²) in [4.78, 5) is 35.8. The first-order valence-electron chi connectivity index (χ1n) is 10.1. The highest BCUT2D eigenvalue weighted by atomic mass is 32.1. The largest absolute Gasteiger partial charge is 0.497 e. The number of carbonyl (C=O) groups excluding carboxylic acids is 2. The van der Waals surface area contributed by atoms with Gasteiger partial charge in [-0.15, -0.1) is 11.3 Å². The molecule has 8 heteroatoms. The molecule has 0 bridgehead atoms. The zero-order valence-corrected chi connectivity index (χ0v) is 19.4. The quantitative estimate of drug-likeness (QED) is 0.545. The number of ether oxygens (including phenoxy) is 2. The highest BCUT2D eigenvalue weighted by Gasteiger charge is 2.24. The molecule has 31 heavy (non-hydrogen) atoms. The summed E-state index contributed by atoms with van der Waals surface area (Å²) >= 11 is 1.33. The van der Waals surface area contributed by atoms with Crippen molar-refractivity contribution < 1.29 is 19.1 Å². The van der Waals surface area contributed by atoms with Gasteiger partial charge in [-0.25, -0.2) is 9.97 Å². The van der Waals surface area contributed by atoms with Crippen LogP contribution in [0.15, 0.2) is 24.3 Å². The van der Waals surface area contributed by atoms with Crippen molar-refractivity contribution in [2.45, 2.75) is 53.2 Å². The van der Waals surface area contributed by atoms with Gasteiger partial charge in [-0.2, -0.15) is 0 Å². The second kappa shape index (κ2) is 9.43. The number of rotatable bonds is 7. The van der Waals surface area contributed by atoms with E-state index >= 15 is 0 Å². The minimum Gasteiger partial charge on any atom is -0.497 e. The van der Waals surface area contributed by atoms with Gasteiger partial charge in [-0.3, -0.25) is 9.59 Å². The summed E-state index contributed by atoms with van der Waals surface area (Å²) in [6.45, 7) is 9.24. The maximum atomic E-state index is 13.2. The second-order valence-electron chi connectivity index (χ2n) is 7.63. The summed E-state index contributed by atoms with van der Waals surface area (Å²) in [7, 11) is 1.59. The topological polar surface area (TPSA) is 90.4 Å². The molecule has 1 aromatic carbocycles. The molecular formula is C23H27N3O4S. The molecule has 1 N–H and O–H groups in total. The van der Waals surface area contributed by atoms with Crippen molar-refractivity contribution in [1.82, 2.24) is 15.3 Å². The fraction of sp³-hybridized carbons (Fsp3) is 0.391. The zero-order chi connectivity index (χ0) is 22.7. The van der Waals surface area contributed by atoms with Gasteiger partial charge in [0.15, 0.2) is 0 Å². The van der Waals surface area contributed by atoms with Crippen molar-refractivity contribution in [2.75, 3.05) is 7.11 Å². The lowest BCUT2D eigenvalue weighted by molar-refractivity contribution is -0.147. The SMILES string of the molecule is COc1ccc(C(CC(=O)OC(C)C)NC(=O)c2sc3nc(C)nc(C)c3c2C)cc1. The van der Waals surface area contributed by atoms with E-state index < -0.39 is 6.04 Å². The van der Waals surface area contributed by atoms with E-state index in [-0.39, 0.29) is 24.4 Å². The molecular weight excluding hydrogens is 414 g/mol. The van der Waals surface area contributed by atoms with Crippen LogP contribution in [0.4, 0.5) is 0 Å². The van der Waals surface area contributed by atoms with Gasteiger partial charge in [-0.1, -0.05) is 12.1 Å². The fourth-order valence-electron chi connectivity index (χ4n) is 3.48. The summed E-state index contributed by atoms with van der Waals surface area (Å²) in [5.41, 5.74) is 2.48. The Kier molecular flexibility index (Phi) is 6.90. The van der Waals surface area contributed by atoms with Crippen molar-refractivity contribution in [1.29, 1.82) is 0 Å². The fourth-order valence-corrected chi connectivity index (χ4v) is 4.66. The van der Waals surface area contributed by atoms with Gasteiger partial charge in [0.05, 0.1) is 30.6 Å². The highest BCUT2D eigenvalue weighted by molar-refractivity contribution is 7.20. The molecule has 2 aromatic heterocycles. The van der Waals surface area contributed by atoms with E-state index in [0.29, 0.717) is 16.5 Å². The molecule has 3 rings (SSSR count). The normalized spacial score (nSPS) is 12.1. The second-order valence-corrected chi connectivity index (χ2v) is 8.63. The first-order chi connectivity index (χ1) is 14.7. The van der Waals surface area contributed by atoms with Crippen LogP contribution in [-0.4, -0.2) is 35.1 Å². The van der Waals surface area contributed by atoms with Gasteiger partial charge in [0.1, 0.15) is 16.4 Å². The molecule has 0 saturated carbocycles. The average Bonchev–Trinajstić information content (AvgIpc) is 3.03. The molecule has 1 unspecified atom stereocenters. The van der Waals surface area contributed by atoms with E-state index in [0.717, 1.165) is 27.0 Å². The highest BCUT2D eigenvalue weighted by Crippen LogP contribution is 2.32. The molecule has 0 aliphatic rings. The molecule has 3 aromatic rings. The summed E-state index contributed by atoms with van der Waals surface area (Å²) < 4.78 is 10.5. The van der Waals surface area contributed by atoms with Crippen molar-refractivity contribution >= 4 is 33.4 Å². The number of esters is 1. The third-order valence-corrected chi connectivity index (χ3v) is 6.03. The monoisotopic (exact) mass is 441 g/mol. The molecule has 0 saturated heterocycles. The molecule has 164 valence electrons. The third-order valence-electron chi connectivity index (χ3n) is 4.85. The van der Waals surface area contributed by atoms with Gasteiger partial charge in [0.2, 0.25) is 0 Å². The van der Waals surface area contributed by atoms with Crippen molar-refractivity contribution in [3.8, 4) is 5.75 Å². The molecule has 7 nitrogen and oxygen atoms in total. The molecule has 0 aliphatic heterocycles. The number of nitrogens with zero attached hydrogens (tertiary/aromatic N) is 2. The van der Waals surface area contributed by atoms with Crippen LogP contribution in [0.5, 0.6) is 5.75 Å². The van der Waals surface area contributed by atoms with E-state index in [9.17, 15) is 9.59 Å². The number of amides is 1. The Labute approximate surface area is 185 Å². The number of nitrogens with one attached hydrogen (secondary N) is 1. The van der Waals surface area contributed by atoms with Crippen LogP contribution < -0.4 is 10.1 Å². The lowest BCUT2D eigenvalue weighted by Crippen LogP contribution is -2.31. The summed E-state index contributed by atoms with van der Waals surface area (Å²) in [5.74, 6) is 0.742. The summed E-state index contributed by atoms with van der Waals surface area (Å²) in [5, 5.41) is 3.91. The molecule has 2 heterocycles. The number of methoxy groups -OCH3 is 1. The number of hydrogen-bond donors (Lipinski definition) is 1. The number of fused-ring (bicyclic) bond motifs is 1. The number of thiophene rings is 1. The van der Waals surface area contributed by atoms with Gasteiger partial charge < -0.3 is 14.8 Å². The van der Waals surface area contributed by atoms with Gasteiger partial charge in [0, 0.05) is 11.1 Å². The Morgan fingerprint density at radius 3 is 2.39 bits per heavy atom. The van der Waals surface area contributed by atoms with E-state index in [1.54, 1.807) is 33.1 Å². The van der Waals surface area contributed by atoms with Crippen LogP contribution in [0.2, 0.25) is 0 Å². The Bertz CT molecular complexity index is 1110. The first kappa shape index (κ1) is 22.7. The van der Waals surface area contributed by atoms with Crippen LogP contribution in [0.25, 0.3) is 10.2 Å². The van der Waals surface area contributed by atoms with Gasteiger partial charge >= 0.3 is 5.97 Å². The Morgan fingerprint density at radius 1 is 1.10 bits per heavy atom. The Hall–Kier alpha value is -3.00. The maximum Gasteiger partial charge on any atom is 0.308 e. The van der Waals surface area contributed by atoms with Crippen LogP contribution in [0.3, 0.4) is 0 Å². The smallest absolute Gasteiger partial charge is 0.308 e. The molecule has 0 fully saturated rings. The Balaban J connectivity index is 1.91. The standard InChI is InChI=1S/C23H27N3O4S/c1-12(2)30-19(27)11-18(16-7-9-17(29-6)10-8-16)26-22(28)21-13(3)20-14(4)24-15(5)25-23(20)31-21/h7-10,12,18H,11H2,1-6H3,(H,26,28). The number of benzene rings is 1. The lowest BCUT2D eigenvalue weighted by Gasteiger charge is -2.19. The van der Waals surface area contributed by atoms with Gasteiger partial charge in [-0.05, 0) is 57.9 Å². The van der Waals surface area contributed by atoms with Crippen LogP contribution in [0, 0.1) is 20.8 Å². The van der Waals surface area contributed by atoms with Crippen molar-refractivity contribution in [2.24, 2.45) is 0 Å². The van der Waals surface area contributed by atoms with E-state index in [4.69, 9.17) is 9.47 Å². The molecule has 0 aliphatic carbocycles. The van der Waals surface area contributed by atoms with Crippen molar-refractivity contribution in [3.63, 3.8) is 0 Å². The average molecular weight is 442 g/mol. The van der Waals surface area contributed by atoms with E-state index in [1.807, 2.05) is 32.9 Å². The first-order valence-corrected chi connectivity index (χ1v) is 10.9. The molecule has 1 atom stereocenters. The molecule has 0 spiro atoms. The minimum atomic E-state index is -0.539. The number of hydrogen-bond acceptors (Lipinski definition) is 7. The van der Waals surface area contributed by atoms with Crippen molar-refractivity contribution in [3.05, 3.63) is 51.8 Å². The minimum absolute atomic E-state index is 0.0259. The number of aryl methyl sites for hydroxylation is 3. The predicted octanol–water partition coefficient (Wildman–Crippen LogP) is 4.44. The van der Waals surface area contributed by atoms with Gasteiger partial charge in [0.25, 0.3) is 5.91 Å². The van der Waals surface area contributed by atoms with Crippen LogP contribution in [-0.2, 0) is 9.53 Å². The van der Waals surface area contributed by atoms with Crippen LogP contribution >= 0.6 is 11.3 Å². The number of aromatic nitrogens is 2. The maximum absolute atomic E-state index is 13.2. The van der Waals surface area contributed by atoms with E-state index in [1.165, 1.54) is 11.3 Å². The lowest BCUT2D eigenvalue weighted by atomic mass is 10.0. The zero-order valence-electron chi connectivity index (χ0n) is 18.6. The Morgan fingerprint density at radius 2 is 1.77 bits per heavy atom. The summed E-state index contributed by atoms with van der Waals surface area (Å²) in [6.07, 6.45) is -0.202. The third kappa shape index (κ3) is 5.19. The van der Waals surface area contributed by atoms with Crippen LogP contribution in [0.1, 0.15) is 58.6 Å². The predicted molar refractivity (Wildman–Crippen MR) is 121 cm³/mol. The molecule has 0 radical (unpaired) electrons. The summed E-state index contributed by atoms with van der Waals surface area (Å²) in [6, 6.07) is 6.73. The molecule has 1 amide bonds. The van der Waals surface area contributed by atoms with E-state index in [2.05, 4.69) is 15.3 Å².